The van der Waals surface area contributed by atoms with Crippen molar-refractivity contribution in [2.75, 3.05) is 13.1 Å². The van der Waals surface area contributed by atoms with Crippen molar-refractivity contribution in [3.05, 3.63) is 68.6 Å². The van der Waals surface area contributed by atoms with E-state index in [9.17, 15) is 28.1 Å². The predicted molar refractivity (Wildman–Crippen MR) is 116 cm³/mol. The van der Waals surface area contributed by atoms with Crippen LogP contribution in [0.3, 0.4) is 0 Å². The molecule has 0 unspecified atom stereocenters. The van der Waals surface area contributed by atoms with Gasteiger partial charge in [0, 0.05) is 19.2 Å². The molecule has 2 aromatic carbocycles. The summed E-state index contributed by atoms with van der Waals surface area (Å²) in [6, 6.07) is 8.37. The highest BCUT2D eigenvalue weighted by Gasteiger charge is 2.34. The second-order valence-electron chi connectivity index (χ2n) is 6.53. The number of carbonyl (C=O) groups is 1. The molecule has 0 spiro atoms. The molecule has 168 valence electrons. The van der Waals surface area contributed by atoms with E-state index in [1.807, 2.05) is 13.8 Å². The minimum Gasteiger partial charge on any atom is -0.450 e. The molecule has 7 nitrogen and oxygen atoms in total. The van der Waals surface area contributed by atoms with Gasteiger partial charge >= 0.3 is 11.9 Å². The van der Waals surface area contributed by atoms with Crippen molar-refractivity contribution in [2.24, 2.45) is 4.99 Å². The first-order valence-electron chi connectivity index (χ1n) is 9.53. The van der Waals surface area contributed by atoms with Gasteiger partial charge in [-0.25, -0.2) is 0 Å². The van der Waals surface area contributed by atoms with Crippen molar-refractivity contribution < 1.29 is 27.6 Å². The van der Waals surface area contributed by atoms with Gasteiger partial charge in [0.2, 0.25) is 5.75 Å². The number of amidine groups is 1. The van der Waals surface area contributed by atoms with Gasteiger partial charge in [-0.2, -0.15) is 13.2 Å². The standard InChI is InChI=1S/C21H18F3N3O4S/c1-3-25-20-26(4-2)19(28)18(32-20)11-13-5-8-15(9-6-13)31-17-10-7-14(21(22,23)24)12-16(17)27(29)30/h5-12H,3-4H2,1-2H3/b18-11+,25-20?. The molecular weight excluding hydrogens is 447 g/mol. The van der Waals surface area contributed by atoms with E-state index in [1.165, 1.54) is 23.9 Å². The lowest BCUT2D eigenvalue weighted by atomic mass is 10.1. The number of nitrogens with zero attached hydrogens (tertiary/aromatic N) is 3. The fourth-order valence-corrected chi connectivity index (χ4v) is 3.98. The Kier molecular flexibility index (Phi) is 6.87. The van der Waals surface area contributed by atoms with Gasteiger partial charge < -0.3 is 4.74 Å². The molecule has 0 aliphatic carbocycles. The first-order valence-corrected chi connectivity index (χ1v) is 10.3. The minimum atomic E-state index is -4.71. The lowest BCUT2D eigenvalue weighted by Gasteiger charge is -2.11. The Morgan fingerprint density at radius 1 is 1.19 bits per heavy atom. The zero-order valence-electron chi connectivity index (χ0n) is 17.0. The summed E-state index contributed by atoms with van der Waals surface area (Å²) in [5, 5.41) is 11.8. The molecule has 0 atom stereocenters. The van der Waals surface area contributed by atoms with Gasteiger partial charge in [0.25, 0.3) is 5.91 Å². The Hall–Kier alpha value is -3.34. The van der Waals surface area contributed by atoms with Gasteiger partial charge in [0.15, 0.2) is 5.17 Å². The van der Waals surface area contributed by atoms with E-state index in [2.05, 4.69) is 4.99 Å². The maximum atomic E-state index is 12.8. The summed E-state index contributed by atoms with van der Waals surface area (Å²) in [4.78, 5) is 29.2. The number of likely N-dealkylation sites (N-methyl/N-ethyl adjacent to an activating group) is 1. The highest BCUT2D eigenvalue weighted by molar-refractivity contribution is 8.18. The molecular formula is C21H18F3N3O4S. The fraction of sp³-hybridized carbons (Fsp3) is 0.238. The first kappa shape index (κ1) is 23.3. The molecule has 0 saturated carbocycles. The Morgan fingerprint density at radius 2 is 1.88 bits per heavy atom. The summed E-state index contributed by atoms with van der Waals surface area (Å²) in [5.74, 6) is -0.260. The Balaban J connectivity index is 1.81. The van der Waals surface area contributed by atoms with Crippen molar-refractivity contribution in [1.82, 2.24) is 4.90 Å². The number of benzene rings is 2. The third kappa shape index (κ3) is 5.10. The molecule has 3 rings (SSSR count). The number of nitro groups is 1. The number of alkyl halides is 3. The van der Waals surface area contributed by atoms with Gasteiger partial charge in [-0.3, -0.25) is 24.8 Å². The van der Waals surface area contributed by atoms with Crippen LogP contribution in [0.1, 0.15) is 25.0 Å². The molecule has 2 aromatic rings. The van der Waals surface area contributed by atoms with Crippen molar-refractivity contribution in [3.63, 3.8) is 0 Å². The Labute approximate surface area is 185 Å². The molecule has 1 aliphatic heterocycles. The van der Waals surface area contributed by atoms with Crippen LogP contribution in [0.15, 0.2) is 52.4 Å². The number of hydrogen-bond acceptors (Lipinski definition) is 6. The number of aliphatic imine (C=N–C) groups is 1. The Bertz CT molecular complexity index is 1100. The molecule has 0 aromatic heterocycles. The van der Waals surface area contributed by atoms with Crippen LogP contribution >= 0.6 is 11.8 Å². The summed E-state index contributed by atoms with van der Waals surface area (Å²) in [6.45, 7) is 4.80. The number of amides is 1. The van der Waals surface area contributed by atoms with E-state index in [1.54, 1.807) is 23.1 Å². The first-order chi connectivity index (χ1) is 15.1. The Morgan fingerprint density at radius 3 is 2.44 bits per heavy atom. The molecule has 1 saturated heterocycles. The van der Waals surface area contributed by atoms with Crippen molar-refractivity contribution >= 4 is 34.6 Å². The van der Waals surface area contributed by atoms with Crippen molar-refractivity contribution in [2.45, 2.75) is 20.0 Å². The van der Waals surface area contributed by atoms with Gasteiger partial charge in [-0.15, -0.1) is 0 Å². The molecule has 11 heteroatoms. The van der Waals surface area contributed by atoms with Gasteiger partial charge in [-0.05, 0) is 61.5 Å². The van der Waals surface area contributed by atoms with E-state index in [-0.39, 0.29) is 17.4 Å². The quantitative estimate of drug-likeness (QED) is 0.310. The second-order valence-corrected chi connectivity index (χ2v) is 7.53. The van der Waals surface area contributed by atoms with Crippen LogP contribution in [-0.4, -0.2) is 34.0 Å². The van der Waals surface area contributed by atoms with Gasteiger partial charge in [0.05, 0.1) is 15.4 Å². The lowest BCUT2D eigenvalue weighted by Crippen LogP contribution is -2.28. The number of carbonyl (C=O) groups excluding carboxylic acids is 1. The summed E-state index contributed by atoms with van der Waals surface area (Å²) in [6.07, 6.45) is -3.01. The topological polar surface area (TPSA) is 85.0 Å². The van der Waals surface area contributed by atoms with Crippen molar-refractivity contribution in [1.29, 1.82) is 0 Å². The highest BCUT2D eigenvalue weighted by Crippen LogP contribution is 2.38. The molecule has 0 N–H and O–H groups in total. The minimum absolute atomic E-state index is 0.148. The zero-order chi connectivity index (χ0) is 23.5. The molecule has 32 heavy (non-hydrogen) atoms. The van der Waals surface area contributed by atoms with Crippen LogP contribution < -0.4 is 4.74 Å². The van der Waals surface area contributed by atoms with E-state index in [4.69, 9.17) is 4.74 Å². The molecule has 1 aliphatic rings. The molecule has 1 fully saturated rings. The van der Waals surface area contributed by atoms with Crippen LogP contribution in [-0.2, 0) is 11.0 Å². The van der Waals surface area contributed by atoms with Crippen molar-refractivity contribution in [3.8, 4) is 11.5 Å². The van der Waals surface area contributed by atoms with Crippen LogP contribution in [0.5, 0.6) is 11.5 Å². The maximum Gasteiger partial charge on any atom is 0.416 e. The zero-order valence-corrected chi connectivity index (χ0v) is 17.9. The number of rotatable bonds is 6. The molecule has 0 radical (unpaired) electrons. The SMILES string of the molecule is CCN=C1S/C(=C/c2ccc(Oc3ccc(C(F)(F)F)cc3[N+](=O)[O-])cc2)C(=O)N1CC. The lowest BCUT2D eigenvalue weighted by molar-refractivity contribution is -0.385. The van der Waals surface area contributed by atoms with Gasteiger partial charge in [-0.1, -0.05) is 12.1 Å². The molecule has 1 amide bonds. The maximum absolute atomic E-state index is 12.8. The van der Waals surface area contributed by atoms with Crippen LogP contribution in [0, 0.1) is 10.1 Å². The number of ether oxygens (including phenoxy) is 1. The average molecular weight is 465 g/mol. The summed E-state index contributed by atoms with van der Waals surface area (Å²) < 4.78 is 44.0. The average Bonchev–Trinajstić information content (AvgIpc) is 3.03. The van der Waals surface area contributed by atoms with Crippen LogP contribution in [0.2, 0.25) is 0 Å². The largest absolute Gasteiger partial charge is 0.450 e. The third-order valence-corrected chi connectivity index (χ3v) is 5.43. The fourth-order valence-electron chi connectivity index (χ4n) is 2.87. The number of thioether (sulfide) groups is 1. The van der Waals surface area contributed by atoms with E-state index < -0.39 is 22.4 Å². The monoisotopic (exact) mass is 465 g/mol. The summed E-state index contributed by atoms with van der Waals surface area (Å²) >= 11 is 1.28. The smallest absolute Gasteiger partial charge is 0.416 e. The molecule has 1 heterocycles. The van der Waals surface area contributed by atoms with E-state index >= 15 is 0 Å². The van der Waals surface area contributed by atoms with Gasteiger partial charge in [0.1, 0.15) is 5.75 Å². The summed E-state index contributed by atoms with van der Waals surface area (Å²) in [5.41, 5.74) is -1.24. The number of hydrogen-bond donors (Lipinski definition) is 0. The third-order valence-electron chi connectivity index (χ3n) is 4.39. The van der Waals surface area contributed by atoms with E-state index in [0.29, 0.717) is 34.8 Å². The summed E-state index contributed by atoms with van der Waals surface area (Å²) in [7, 11) is 0. The molecule has 0 bridgehead atoms. The normalized spacial score (nSPS) is 16.8. The number of nitro benzene ring substituents is 1. The van der Waals surface area contributed by atoms with Crippen LogP contribution in [0.25, 0.3) is 6.08 Å². The second kappa shape index (κ2) is 9.43. The van der Waals surface area contributed by atoms with E-state index in [0.717, 1.165) is 12.1 Å². The highest BCUT2D eigenvalue weighted by atomic mass is 32.2. The number of halogens is 3. The van der Waals surface area contributed by atoms with Crippen LogP contribution in [0.4, 0.5) is 18.9 Å². The predicted octanol–water partition coefficient (Wildman–Crippen LogP) is 5.72.